The zero-order valence-electron chi connectivity index (χ0n) is 8.41. The molecule has 0 fully saturated rings. The lowest BCUT2D eigenvalue weighted by Crippen LogP contribution is -2.32. The molecular weight excluding hydrogens is 182 g/mol. The van der Waals surface area contributed by atoms with Gasteiger partial charge in [0.2, 0.25) is 0 Å². The normalized spacial score (nSPS) is 15.6. The van der Waals surface area contributed by atoms with Gasteiger partial charge in [0.05, 0.1) is 6.61 Å². The Hall–Kier alpha value is -0.380. The van der Waals surface area contributed by atoms with Crippen LogP contribution in [0.3, 0.4) is 0 Å². The van der Waals surface area contributed by atoms with Crippen molar-refractivity contribution in [3.05, 3.63) is 22.4 Å². The highest BCUT2D eigenvalue weighted by Crippen LogP contribution is 2.18. The Labute approximate surface area is 83.9 Å². The fourth-order valence-electron chi connectivity index (χ4n) is 1.34. The Morgan fingerprint density at radius 3 is 2.85 bits per heavy atom. The molecule has 74 valence electrons. The molecule has 0 saturated carbocycles. The van der Waals surface area contributed by atoms with E-state index in [0.29, 0.717) is 12.1 Å². The quantitative estimate of drug-likeness (QED) is 0.786. The predicted molar refractivity (Wildman–Crippen MR) is 57.2 cm³/mol. The van der Waals surface area contributed by atoms with Crippen molar-refractivity contribution in [2.45, 2.75) is 25.9 Å². The molecule has 0 aliphatic carbocycles. The van der Waals surface area contributed by atoms with Crippen LogP contribution < -0.4 is 5.32 Å². The molecule has 1 aromatic heterocycles. The molecule has 0 radical (unpaired) electrons. The van der Waals surface area contributed by atoms with Gasteiger partial charge in [-0.1, -0.05) is 6.07 Å². The third-order valence-electron chi connectivity index (χ3n) is 1.92. The second-order valence-corrected chi connectivity index (χ2v) is 4.24. The summed E-state index contributed by atoms with van der Waals surface area (Å²) in [6.07, 6.45) is 0. The van der Waals surface area contributed by atoms with Gasteiger partial charge in [0, 0.05) is 24.1 Å². The van der Waals surface area contributed by atoms with E-state index in [1.54, 1.807) is 18.4 Å². The maximum Gasteiger partial charge on any atom is 0.0613 e. The van der Waals surface area contributed by atoms with Gasteiger partial charge in [-0.2, -0.15) is 0 Å². The van der Waals surface area contributed by atoms with Gasteiger partial charge < -0.3 is 10.1 Å². The zero-order chi connectivity index (χ0) is 9.68. The molecule has 2 atom stereocenters. The van der Waals surface area contributed by atoms with E-state index in [0.717, 1.165) is 6.61 Å². The van der Waals surface area contributed by atoms with E-state index in [4.69, 9.17) is 4.74 Å². The summed E-state index contributed by atoms with van der Waals surface area (Å²) in [5.74, 6) is 0. The van der Waals surface area contributed by atoms with Gasteiger partial charge >= 0.3 is 0 Å². The summed E-state index contributed by atoms with van der Waals surface area (Å²) in [5.41, 5.74) is 0. The first kappa shape index (κ1) is 10.7. The molecule has 0 aliphatic heterocycles. The minimum Gasteiger partial charge on any atom is -0.383 e. The smallest absolute Gasteiger partial charge is 0.0613 e. The molecule has 0 saturated heterocycles. The average Bonchev–Trinajstić information content (AvgIpc) is 2.55. The van der Waals surface area contributed by atoms with E-state index in [9.17, 15) is 0 Å². The Balaban J connectivity index is 2.37. The third kappa shape index (κ3) is 3.46. The number of thiophene rings is 1. The maximum atomic E-state index is 5.06. The lowest BCUT2D eigenvalue weighted by atomic mass is 10.2. The Kier molecular flexibility index (Phi) is 4.42. The van der Waals surface area contributed by atoms with Crippen LogP contribution in [0.15, 0.2) is 17.5 Å². The van der Waals surface area contributed by atoms with Crippen LogP contribution in [-0.2, 0) is 4.74 Å². The number of hydrogen-bond acceptors (Lipinski definition) is 3. The first-order valence-corrected chi connectivity index (χ1v) is 5.40. The molecule has 0 amide bonds. The summed E-state index contributed by atoms with van der Waals surface area (Å²) >= 11 is 1.79. The fourth-order valence-corrected chi connectivity index (χ4v) is 2.09. The highest BCUT2D eigenvalue weighted by molar-refractivity contribution is 7.10. The van der Waals surface area contributed by atoms with Crippen molar-refractivity contribution in [3.63, 3.8) is 0 Å². The van der Waals surface area contributed by atoms with Crippen LogP contribution in [0.4, 0.5) is 0 Å². The summed E-state index contributed by atoms with van der Waals surface area (Å²) in [7, 11) is 1.73. The molecule has 0 aliphatic rings. The van der Waals surface area contributed by atoms with Gasteiger partial charge in [-0.25, -0.2) is 0 Å². The van der Waals surface area contributed by atoms with Crippen LogP contribution >= 0.6 is 11.3 Å². The molecule has 0 aromatic carbocycles. The number of methoxy groups -OCH3 is 1. The molecule has 0 unspecified atom stereocenters. The van der Waals surface area contributed by atoms with E-state index in [2.05, 4.69) is 36.7 Å². The first-order chi connectivity index (χ1) is 6.24. The molecule has 1 aromatic rings. The van der Waals surface area contributed by atoms with Crippen molar-refractivity contribution >= 4 is 11.3 Å². The number of nitrogens with one attached hydrogen (secondary N) is 1. The van der Waals surface area contributed by atoms with Crippen molar-refractivity contribution < 1.29 is 4.74 Å². The standard InChI is InChI=1S/C10H17NOS/c1-8(7-12-3)11-9(2)10-5-4-6-13-10/h4-6,8-9,11H,7H2,1-3H3/t8-,9+/m0/s1. The summed E-state index contributed by atoms with van der Waals surface area (Å²) in [6.45, 7) is 5.07. The predicted octanol–water partition coefficient (Wildman–Crippen LogP) is 2.43. The Bertz CT molecular complexity index is 223. The molecule has 2 nitrogen and oxygen atoms in total. The highest BCUT2D eigenvalue weighted by atomic mass is 32.1. The van der Waals surface area contributed by atoms with Gasteiger partial charge in [-0.3, -0.25) is 0 Å². The molecule has 13 heavy (non-hydrogen) atoms. The van der Waals surface area contributed by atoms with Crippen molar-refractivity contribution in [1.82, 2.24) is 5.32 Å². The minimum absolute atomic E-state index is 0.405. The third-order valence-corrected chi connectivity index (χ3v) is 2.98. The van der Waals surface area contributed by atoms with Crippen LogP contribution in [0, 0.1) is 0 Å². The van der Waals surface area contributed by atoms with E-state index < -0.39 is 0 Å². The zero-order valence-corrected chi connectivity index (χ0v) is 9.23. The fraction of sp³-hybridized carbons (Fsp3) is 0.600. The Morgan fingerprint density at radius 1 is 1.54 bits per heavy atom. The first-order valence-electron chi connectivity index (χ1n) is 4.52. The van der Waals surface area contributed by atoms with Gasteiger partial charge in [0.1, 0.15) is 0 Å². The van der Waals surface area contributed by atoms with Crippen LogP contribution in [0.5, 0.6) is 0 Å². The van der Waals surface area contributed by atoms with Gasteiger partial charge in [0.25, 0.3) is 0 Å². The molecule has 3 heteroatoms. The van der Waals surface area contributed by atoms with Crippen LogP contribution in [0.25, 0.3) is 0 Å². The van der Waals surface area contributed by atoms with Crippen molar-refractivity contribution in [1.29, 1.82) is 0 Å². The summed E-state index contributed by atoms with van der Waals surface area (Å²) in [5, 5.41) is 5.57. The summed E-state index contributed by atoms with van der Waals surface area (Å²) < 4.78 is 5.06. The lowest BCUT2D eigenvalue weighted by Gasteiger charge is -2.18. The topological polar surface area (TPSA) is 21.3 Å². The van der Waals surface area contributed by atoms with E-state index in [1.807, 2.05) is 0 Å². The summed E-state index contributed by atoms with van der Waals surface area (Å²) in [6, 6.07) is 5.06. The molecule has 0 spiro atoms. The Morgan fingerprint density at radius 2 is 2.31 bits per heavy atom. The minimum atomic E-state index is 0.405. The van der Waals surface area contributed by atoms with E-state index >= 15 is 0 Å². The second kappa shape index (κ2) is 5.37. The average molecular weight is 199 g/mol. The second-order valence-electron chi connectivity index (χ2n) is 3.26. The van der Waals surface area contributed by atoms with Gasteiger partial charge in [-0.15, -0.1) is 11.3 Å². The maximum absolute atomic E-state index is 5.06. The molecule has 1 N–H and O–H groups in total. The molecule has 1 heterocycles. The largest absolute Gasteiger partial charge is 0.383 e. The number of rotatable bonds is 5. The van der Waals surface area contributed by atoms with Crippen molar-refractivity contribution in [3.8, 4) is 0 Å². The highest BCUT2D eigenvalue weighted by Gasteiger charge is 2.09. The van der Waals surface area contributed by atoms with Crippen LogP contribution in [0.2, 0.25) is 0 Å². The monoisotopic (exact) mass is 199 g/mol. The van der Waals surface area contributed by atoms with Crippen LogP contribution in [0.1, 0.15) is 24.8 Å². The van der Waals surface area contributed by atoms with Crippen molar-refractivity contribution in [2.24, 2.45) is 0 Å². The molecular formula is C10H17NOS. The van der Waals surface area contributed by atoms with E-state index in [1.165, 1.54) is 4.88 Å². The number of hydrogen-bond donors (Lipinski definition) is 1. The summed E-state index contributed by atoms with van der Waals surface area (Å²) in [4.78, 5) is 1.38. The number of ether oxygens (including phenoxy) is 1. The molecule has 1 rings (SSSR count). The lowest BCUT2D eigenvalue weighted by molar-refractivity contribution is 0.168. The molecule has 0 bridgehead atoms. The van der Waals surface area contributed by atoms with Gasteiger partial charge in [0.15, 0.2) is 0 Å². The van der Waals surface area contributed by atoms with E-state index in [-0.39, 0.29) is 0 Å². The van der Waals surface area contributed by atoms with Gasteiger partial charge in [-0.05, 0) is 25.3 Å². The van der Waals surface area contributed by atoms with Crippen molar-refractivity contribution in [2.75, 3.05) is 13.7 Å². The van der Waals surface area contributed by atoms with Crippen LogP contribution in [-0.4, -0.2) is 19.8 Å². The SMILES string of the molecule is COC[C@H](C)N[C@H](C)c1cccs1.